The van der Waals surface area contributed by atoms with Gasteiger partial charge in [-0.3, -0.25) is 14.4 Å². The second-order valence-corrected chi connectivity index (χ2v) is 8.48. The van der Waals surface area contributed by atoms with E-state index in [1.807, 2.05) is 0 Å². The summed E-state index contributed by atoms with van der Waals surface area (Å²) in [6.07, 6.45) is 1.39. The molecule has 0 aliphatic rings. The molecule has 1 amide bonds. The zero-order valence-corrected chi connectivity index (χ0v) is 19.2. The number of rotatable bonds is 6. The quantitative estimate of drug-likeness (QED) is 0.397. The van der Waals surface area contributed by atoms with E-state index in [1.54, 1.807) is 55.5 Å². The van der Waals surface area contributed by atoms with Gasteiger partial charge >= 0.3 is 0 Å². The molecule has 2 aromatic carbocycles. The lowest BCUT2D eigenvalue weighted by molar-refractivity contribution is -0.121. The second-order valence-electron chi connectivity index (χ2n) is 7.56. The largest absolute Gasteiger partial charge is 0.350 e. The molecule has 0 saturated heterocycles. The number of nitrogens with zero attached hydrogens (tertiary/aromatic N) is 2. The summed E-state index contributed by atoms with van der Waals surface area (Å²) in [5.74, 6) is -1.13. The van der Waals surface area contributed by atoms with Gasteiger partial charge in [-0.15, -0.1) is 0 Å². The van der Waals surface area contributed by atoms with Crippen LogP contribution in [0.2, 0.25) is 0 Å². The Kier molecular flexibility index (Phi) is 6.46. The second kappa shape index (κ2) is 9.46. The SMILES string of the molecule is Cc1ccc2c(=O)c(C(=O)c3ccc(Br)cc3)cn(CC(=O)NCc3ccc(F)cc3)c2n1. The van der Waals surface area contributed by atoms with Crippen molar-refractivity contribution in [1.82, 2.24) is 14.9 Å². The van der Waals surface area contributed by atoms with Crippen molar-refractivity contribution in [2.45, 2.75) is 20.0 Å². The fraction of sp³-hybridized carbons (Fsp3) is 0.120. The number of fused-ring (bicyclic) bond motifs is 1. The molecule has 4 aromatic rings. The number of ketones is 1. The van der Waals surface area contributed by atoms with Gasteiger partial charge in [0, 0.05) is 28.5 Å². The summed E-state index contributed by atoms with van der Waals surface area (Å²) in [5.41, 5.74) is 1.63. The van der Waals surface area contributed by atoms with Crippen LogP contribution in [-0.4, -0.2) is 21.2 Å². The van der Waals surface area contributed by atoms with Crippen molar-refractivity contribution in [3.8, 4) is 0 Å². The molecule has 2 aromatic heterocycles. The Bertz CT molecular complexity index is 1410. The maximum atomic E-state index is 13.1. The molecule has 6 nitrogen and oxygen atoms in total. The third-order valence-electron chi connectivity index (χ3n) is 5.13. The van der Waals surface area contributed by atoms with Crippen molar-refractivity contribution in [3.05, 3.63) is 110 Å². The molecule has 0 aliphatic heterocycles. The van der Waals surface area contributed by atoms with E-state index in [1.165, 1.54) is 22.9 Å². The van der Waals surface area contributed by atoms with E-state index in [-0.39, 0.29) is 35.8 Å². The number of amides is 1. The van der Waals surface area contributed by atoms with Crippen molar-refractivity contribution in [2.75, 3.05) is 0 Å². The normalized spacial score (nSPS) is 10.9. The molecule has 0 radical (unpaired) electrons. The lowest BCUT2D eigenvalue weighted by Gasteiger charge is -2.13. The Morgan fingerprint density at radius 2 is 1.73 bits per heavy atom. The summed E-state index contributed by atoms with van der Waals surface area (Å²) in [7, 11) is 0. The van der Waals surface area contributed by atoms with E-state index in [0.29, 0.717) is 16.9 Å². The lowest BCUT2D eigenvalue weighted by Crippen LogP contribution is -2.29. The Labute approximate surface area is 197 Å². The van der Waals surface area contributed by atoms with Crippen LogP contribution in [0.4, 0.5) is 4.39 Å². The number of pyridine rings is 2. The number of carbonyl (C=O) groups is 2. The van der Waals surface area contributed by atoms with Gasteiger partial charge in [-0.05, 0) is 61.0 Å². The third-order valence-corrected chi connectivity index (χ3v) is 5.66. The van der Waals surface area contributed by atoms with Crippen LogP contribution in [0.15, 0.2) is 76.1 Å². The van der Waals surface area contributed by atoms with Gasteiger partial charge in [-0.2, -0.15) is 0 Å². The van der Waals surface area contributed by atoms with Crippen molar-refractivity contribution in [1.29, 1.82) is 0 Å². The Balaban J connectivity index is 1.68. The number of hydrogen-bond donors (Lipinski definition) is 1. The summed E-state index contributed by atoms with van der Waals surface area (Å²) in [5, 5.41) is 3.03. The molecular formula is C25H19BrFN3O3. The number of benzene rings is 2. The van der Waals surface area contributed by atoms with E-state index < -0.39 is 11.2 Å². The summed E-state index contributed by atoms with van der Waals surface area (Å²) < 4.78 is 15.4. The van der Waals surface area contributed by atoms with Gasteiger partial charge < -0.3 is 9.88 Å². The molecule has 0 atom stereocenters. The molecule has 4 rings (SSSR count). The molecule has 0 spiro atoms. The fourth-order valence-electron chi connectivity index (χ4n) is 3.41. The molecule has 8 heteroatoms. The van der Waals surface area contributed by atoms with Gasteiger partial charge in [0.1, 0.15) is 18.0 Å². The summed E-state index contributed by atoms with van der Waals surface area (Å²) in [6, 6.07) is 15.8. The highest BCUT2D eigenvalue weighted by atomic mass is 79.9. The molecule has 0 bridgehead atoms. The molecule has 2 heterocycles. The fourth-order valence-corrected chi connectivity index (χ4v) is 3.68. The molecule has 0 aliphatic carbocycles. The highest BCUT2D eigenvalue weighted by molar-refractivity contribution is 9.10. The van der Waals surface area contributed by atoms with Gasteiger partial charge in [-0.1, -0.05) is 28.1 Å². The van der Waals surface area contributed by atoms with Crippen molar-refractivity contribution >= 4 is 38.7 Å². The van der Waals surface area contributed by atoms with Crippen LogP contribution in [0.25, 0.3) is 11.0 Å². The highest BCUT2D eigenvalue weighted by Gasteiger charge is 2.19. The molecule has 0 unspecified atom stereocenters. The van der Waals surface area contributed by atoms with Gasteiger partial charge in [0.15, 0.2) is 5.78 Å². The number of hydrogen-bond acceptors (Lipinski definition) is 4. The lowest BCUT2D eigenvalue weighted by atomic mass is 10.0. The van der Waals surface area contributed by atoms with Crippen LogP contribution in [0, 0.1) is 12.7 Å². The van der Waals surface area contributed by atoms with Crippen LogP contribution in [0.5, 0.6) is 0 Å². The molecule has 33 heavy (non-hydrogen) atoms. The molecule has 1 N–H and O–H groups in total. The Morgan fingerprint density at radius 1 is 1.03 bits per heavy atom. The zero-order chi connectivity index (χ0) is 23.5. The predicted octanol–water partition coefficient (Wildman–Crippen LogP) is 4.15. The van der Waals surface area contributed by atoms with Crippen LogP contribution in [-0.2, 0) is 17.9 Å². The van der Waals surface area contributed by atoms with Crippen LogP contribution < -0.4 is 10.7 Å². The van der Waals surface area contributed by atoms with E-state index >= 15 is 0 Å². The highest BCUT2D eigenvalue weighted by Crippen LogP contribution is 2.16. The van der Waals surface area contributed by atoms with Crippen LogP contribution in [0.3, 0.4) is 0 Å². The van der Waals surface area contributed by atoms with E-state index in [9.17, 15) is 18.8 Å². The summed E-state index contributed by atoms with van der Waals surface area (Å²) in [4.78, 5) is 43.2. The maximum absolute atomic E-state index is 13.1. The first-order chi connectivity index (χ1) is 15.8. The minimum absolute atomic E-state index is 0.0400. The number of aryl methyl sites for hydroxylation is 1. The monoisotopic (exact) mass is 507 g/mol. The summed E-state index contributed by atoms with van der Waals surface area (Å²) in [6.45, 7) is 1.85. The van der Waals surface area contributed by atoms with Crippen LogP contribution >= 0.6 is 15.9 Å². The van der Waals surface area contributed by atoms with Gasteiger partial charge in [0.25, 0.3) is 0 Å². The molecule has 166 valence electrons. The number of carbonyl (C=O) groups excluding carboxylic acids is 2. The Hall–Kier alpha value is -3.65. The minimum atomic E-state index is -0.437. The van der Waals surface area contributed by atoms with Gasteiger partial charge in [-0.25, -0.2) is 9.37 Å². The first-order valence-corrected chi connectivity index (χ1v) is 10.9. The zero-order valence-electron chi connectivity index (χ0n) is 17.6. The number of nitrogens with one attached hydrogen (secondary N) is 1. The first kappa shape index (κ1) is 22.5. The average molecular weight is 508 g/mol. The minimum Gasteiger partial charge on any atom is -0.350 e. The van der Waals surface area contributed by atoms with Crippen LogP contribution in [0.1, 0.15) is 27.2 Å². The maximum Gasteiger partial charge on any atom is 0.240 e. The predicted molar refractivity (Wildman–Crippen MR) is 127 cm³/mol. The van der Waals surface area contributed by atoms with Crippen molar-refractivity contribution < 1.29 is 14.0 Å². The Morgan fingerprint density at radius 3 is 2.42 bits per heavy atom. The number of aromatic nitrogens is 2. The first-order valence-electron chi connectivity index (χ1n) is 10.1. The van der Waals surface area contributed by atoms with E-state index in [4.69, 9.17) is 0 Å². The van der Waals surface area contributed by atoms with Crippen molar-refractivity contribution in [3.63, 3.8) is 0 Å². The smallest absolute Gasteiger partial charge is 0.240 e. The number of halogens is 2. The summed E-state index contributed by atoms with van der Waals surface area (Å²) >= 11 is 3.33. The van der Waals surface area contributed by atoms with E-state index in [0.717, 1.165) is 10.0 Å². The van der Waals surface area contributed by atoms with Gasteiger partial charge in [0.2, 0.25) is 11.3 Å². The molecule has 0 saturated carbocycles. The van der Waals surface area contributed by atoms with Gasteiger partial charge in [0.05, 0.1) is 10.9 Å². The van der Waals surface area contributed by atoms with E-state index in [2.05, 4.69) is 26.2 Å². The third kappa shape index (κ3) is 5.06. The standard InChI is InChI=1S/C25H19BrFN3O3/c1-15-2-11-20-24(33)21(23(32)17-5-7-18(26)8-6-17)13-30(25(20)29-15)14-22(31)28-12-16-3-9-19(27)10-4-16/h2-11,13H,12,14H2,1H3,(H,28,31). The average Bonchev–Trinajstić information content (AvgIpc) is 2.80. The molecule has 0 fully saturated rings. The van der Waals surface area contributed by atoms with Crippen molar-refractivity contribution in [2.24, 2.45) is 0 Å². The topological polar surface area (TPSA) is 81.1 Å². The molecular weight excluding hydrogens is 489 g/mol.